The monoisotopic (exact) mass is 203 g/mol. The molecular formula is C8H7F2NO3. The van der Waals surface area contributed by atoms with Crippen molar-refractivity contribution in [2.75, 3.05) is 0 Å². The number of nitrogens with one attached hydrogen (secondary N) is 1. The minimum Gasteiger partial charge on any atom is -0.467 e. The number of amides is 1. The Labute approximate surface area is 77.8 Å². The highest BCUT2D eigenvalue weighted by Gasteiger charge is 2.42. The van der Waals surface area contributed by atoms with Crippen LogP contribution in [0.25, 0.3) is 0 Å². The highest BCUT2D eigenvalue weighted by Crippen LogP contribution is 2.28. The van der Waals surface area contributed by atoms with E-state index in [2.05, 4.69) is 10.1 Å². The highest BCUT2D eigenvalue weighted by molar-refractivity contribution is 5.70. The normalized spacial score (nSPS) is 26.4. The van der Waals surface area contributed by atoms with Crippen LogP contribution in [0.15, 0.2) is 22.8 Å². The number of rotatable bonds is 2. The van der Waals surface area contributed by atoms with Crippen LogP contribution in [0.3, 0.4) is 0 Å². The topological polar surface area (TPSA) is 51.5 Å². The fourth-order valence-corrected chi connectivity index (χ4v) is 1.33. The summed E-state index contributed by atoms with van der Waals surface area (Å²) in [5.41, 5.74) is 0. The van der Waals surface area contributed by atoms with Crippen molar-refractivity contribution in [1.82, 2.24) is 5.32 Å². The Morgan fingerprint density at radius 1 is 1.50 bits per heavy atom. The van der Waals surface area contributed by atoms with Gasteiger partial charge < -0.3 is 14.5 Å². The molecule has 1 saturated heterocycles. The van der Waals surface area contributed by atoms with E-state index in [1.54, 1.807) is 6.07 Å². The van der Waals surface area contributed by atoms with Crippen LogP contribution in [0.2, 0.25) is 0 Å². The maximum atomic E-state index is 12.4. The van der Waals surface area contributed by atoms with Crippen LogP contribution < -0.4 is 5.32 Å². The molecule has 1 fully saturated rings. The number of carbonyl (C=O) groups excluding carboxylic acids is 1. The molecule has 1 amide bonds. The third kappa shape index (κ3) is 1.43. The summed E-state index contributed by atoms with van der Waals surface area (Å²) in [7, 11) is 0. The maximum Gasteiger partial charge on any atom is 0.408 e. The number of carbonyl (C=O) groups is 1. The Balaban J connectivity index is 2.21. The molecule has 2 heterocycles. The summed E-state index contributed by atoms with van der Waals surface area (Å²) in [4.78, 5) is 10.8. The molecule has 1 N–H and O–H groups in total. The van der Waals surface area contributed by atoms with E-state index in [1.165, 1.54) is 12.3 Å². The van der Waals surface area contributed by atoms with Crippen molar-refractivity contribution < 1.29 is 22.7 Å². The SMILES string of the molecule is O=C1N[C@H](c2ccco2)[C@H](C(F)F)O1. The summed E-state index contributed by atoms with van der Waals surface area (Å²) in [5, 5.41) is 2.25. The molecule has 0 aliphatic carbocycles. The molecule has 0 spiro atoms. The van der Waals surface area contributed by atoms with Crippen molar-refractivity contribution in [2.45, 2.75) is 18.6 Å². The number of hydrogen-bond acceptors (Lipinski definition) is 3. The Bertz CT molecular complexity index is 325. The van der Waals surface area contributed by atoms with Crippen molar-refractivity contribution >= 4 is 6.09 Å². The number of cyclic esters (lactones) is 1. The third-order valence-corrected chi connectivity index (χ3v) is 1.94. The predicted octanol–water partition coefficient (Wildman–Crippen LogP) is 1.69. The van der Waals surface area contributed by atoms with Crippen LogP contribution in [0.5, 0.6) is 0 Å². The Hall–Kier alpha value is -1.59. The zero-order valence-electron chi connectivity index (χ0n) is 6.94. The van der Waals surface area contributed by atoms with Gasteiger partial charge in [0.1, 0.15) is 11.8 Å². The van der Waals surface area contributed by atoms with E-state index in [9.17, 15) is 13.6 Å². The number of hydrogen-bond donors (Lipinski definition) is 1. The lowest BCUT2D eigenvalue weighted by molar-refractivity contribution is -0.00616. The number of ether oxygens (including phenoxy) is 1. The summed E-state index contributed by atoms with van der Waals surface area (Å²) in [6.07, 6.45) is -3.71. The van der Waals surface area contributed by atoms with Crippen molar-refractivity contribution in [3.63, 3.8) is 0 Å². The number of halogens is 2. The second-order valence-corrected chi connectivity index (χ2v) is 2.84. The van der Waals surface area contributed by atoms with Gasteiger partial charge in [0.05, 0.1) is 6.26 Å². The predicted molar refractivity (Wildman–Crippen MR) is 40.9 cm³/mol. The number of alkyl halides is 2. The van der Waals surface area contributed by atoms with Gasteiger partial charge in [0.2, 0.25) is 0 Å². The van der Waals surface area contributed by atoms with E-state index in [0.29, 0.717) is 0 Å². The van der Waals surface area contributed by atoms with Crippen molar-refractivity contribution in [3.8, 4) is 0 Å². The standard InChI is InChI=1S/C8H7F2NO3/c9-7(10)6-5(11-8(12)14-6)4-2-1-3-13-4/h1-3,5-7H,(H,11,12)/t5-,6-/m1/s1. The van der Waals surface area contributed by atoms with Gasteiger partial charge in [-0.2, -0.15) is 0 Å². The van der Waals surface area contributed by atoms with Gasteiger partial charge in [-0.05, 0) is 12.1 Å². The second kappa shape index (κ2) is 3.28. The Kier molecular flexibility index (Phi) is 2.11. The van der Waals surface area contributed by atoms with Gasteiger partial charge in [-0.3, -0.25) is 0 Å². The zero-order valence-corrected chi connectivity index (χ0v) is 6.94. The first kappa shape index (κ1) is 8.98. The molecule has 1 aliphatic rings. The van der Waals surface area contributed by atoms with Gasteiger partial charge >= 0.3 is 6.09 Å². The Morgan fingerprint density at radius 3 is 2.86 bits per heavy atom. The minimum atomic E-state index is -2.73. The molecule has 1 aromatic rings. The van der Waals surface area contributed by atoms with Crippen LogP contribution in [-0.4, -0.2) is 18.6 Å². The number of alkyl carbamates (subject to hydrolysis) is 1. The molecule has 14 heavy (non-hydrogen) atoms. The summed E-state index contributed by atoms with van der Waals surface area (Å²) >= 11 is 0. The van der Waals surface area contributed by atoms with Gasteiger partial charge in [-0.25, -0.2) is 13.6 Å². The molecule has 76 valence electrons. The molecular weight excluding hydrogens is 196 g/mol. The van der Waals surface area contributed by atoms with Crippen LogP contribution in [0.4, 0.5) is 13.6 Å². The van der Waals surface area contributed by atoms with E-state index in [1.807, 2.05) is 0 Å². The fraction of sp³-hybridized carbons (Fsp3) is 0.375. The Morgan fingerprint density at radius 2 is 2.29 bits per heavy atom. The fourth-order valence-electron chi connectivity index (χ4n) is 1.33. The maximum absolute atomic E-state index is 12.4. The average Bonchev–Trinajstić information content (AvgIpc) is 2.70. The molecule has 2 rings (SSSR count). The molecule has 0 bridgehead atoms. The van der Waals surface area contributed by atoms with Crippen LogP contribution in [-0.2, 0) is 4.74 Å². The second-order valence-electron chi connectivity index (χ2n) is 2.84. The van der Waals surface area contributed by atoms with Crippen LogP contribution >= 0.6 is 0 Å². The van der Waals surface area contributed by atoms with Gasteiger partial charge in [0.25, 0.3) is 6.43 Å². The van der Waals surface area contributed by atoms with Crippen molar-refractivity contribution in [2.24, 2.45) is 0 Å². The smallest absolute Gasteiger partial charge is 0.408 e. The molecule has 2 atom stereocenters. The van der Waals surface area contributed by atoms with Crippen molar-refractivity contribution in [3.05, 3.63) is 24.2 Å². The molecule has 0 aromatic carbocycles. The lowest BCUT2D eigenvalue weighted by Crippen LogP contribution is -2.27. The average molecular weight is 203 g/mol. The number of furan rings is 1. The first-order valence-corrected chi connectivity index (χ1v) is 3.97. The largest absolute Gasteiger partial charge is 0.467 e. The first-order valence-electron chi connectivity index (χ1n) is 3.97. The van der Waals surface area contributed by atoms with Crippen LogP contribution in [0, 0.1) is 0 Å². The summed E-state index contributed by atoms with van der Waals surface area (Å²) in [6, 6.07) is 2.16. The lowest BCUT2D eigenvalue weighted by Gasteiger charge is -2.12. The van der Waals surface area contributed by atoms with Gasteiger partial charge in [-0.1, -0.05) is 0 Å². The van der Waals surface area contributed by atoms with E-state index in [0.717, 1.165) is 0 Å². The summed E-state index contributed by atoms with van der Waals surface area (Å²) in [6.45, 7) is 0. The minimum absolute atomic E-state index is 0.265. The lowest BCUT2D eigenvalue weighted by atomic mass is 10.1. The molecule has 1 aliphatic heterocycles. The van der Waals surface area contributed by atoms with E-state index in [-0.39, 0.29) is 5.76 Å². The highest BCUT2D eigenvalue weighted by atomic mass is 19.3. The van der Waals surface area contributed by atoms with Gasteiger partial charge in [-0.15, -0.1) is 0 Å². The van der Waals surface area contributed by atoms with Gasteiger partial charge in [0.15, 0.2) is 6.10 Å². The van der Waals surface area contributed by atoms with Crippen molar-refractivity contribution in [1.29, 1.82) is 0 Å². The van der Waals surface area contributed by atoms with E-state index in [4.69, 9.17) is 4.42 Å². The molecule has 1 aromatic heterocycles. The third-order valence-electron chi connectivity index (χ3n) is 1.94. The summed E-state index contributed by atoms with van der Waals surface area (Å²) in [5.74, 6) is 0.265. The molecule has 6 heteroatoms. The zero-order chi connectivity index (χ0) is 10.1. The summed E-state index contributed by atoms with van der Waals surface area (Å²) < 4.78 is 34.1. The van der Waals surface area contributed by atoms with E-state index < -0.39 is 24.7 Å². The van der Waals surface area contributed by atoms with Gasteiger partial charge in [0, 0.05) is 0 Å². The quantitative estimate of drug-likeness (QED) is 0.795. The molecule has 0 unspecified atom stereocenters. The van der Waals surface area contributed by atoms with Crippen LogP contribution in [0.1, 0.15) is 11.8 Å². The molecule has 0 radical (unpaired) electrons. The molecule has 4 nitrogen and oxygen atoms in total. The molecule has 0 saturated carbocycles. The first-order chi connectivity index (χ1) is 6.68. The van der Waals surface area contributed by atoms with E-state index >= 15 is 0 Å².